The summed E-state index contributed by atoms with van der Waals surface area (Å²) in [5.74, 6) is 1.25. The molecule has 0 aromatic heterocycles. The molecular formula is C24H25ClN2O5. The highest BCUT2D eigenvalue weighted by Crippen LogP contribution is 2.44. The lowest BCUT2D eigenvalue weighted by Gasteiger charge is -2.23. The van der Waals surface area contributed by atoms with Crippen LogP contribution in [0, 0.1) is 10.1 Å². The van der Waals surface area contributed by atoms with Crippen molar-refractivity contribution in [1.29, 1.82) is 0 Å². The van der Waals surface area contributed by atoms with Gasteiger partial charge in [0.05, 0.1) is 26.3 Å². The normalized spacial score (nSPS) is 11.6. The fourth-order valence-corrected chi connectivity index (χ4v) is 3.92. The Morgan fingerprint density at radius 2 is 1.41 bits per heavy atom. The number of ether oxygens (including phenoxy) is 3. The van der Waals surface area contributed by atoms with Crippen LogP contribution in [0.3, 0.4) is 0 Å². The molecule has 0 aliphatic rings. The number of rotatable bonds is 8. The maximum atomic E-state index is 11.3. The minimum Gasteiger partial charge on any atom is -0.493 e. The molecular weight excluding hydrogens is 432 g/mol. The number of methoxy groups -OCH3 is 3. The van der Waals surface area contributed by atoms with E-state index in [-0.39, 0.29) is 16.6 Å². The molecule has 0 aliphatic carbocycles. The van der Waals surface area contributed by atoms with E-state index in [0.29, 0.717) is 17.2 Å². The summed E-state index contributed by atoms with van der Waals surface area (Å²) >= 11 is 6.26. The summed E-state index contributed by atoms with van der Waals surface area (Å²) in [6, 6.07) is 16.6. The maximum absolute atomic E-state index is 11.3. The minimum atomic E-state index is -0.494. The summed E-state index contributed by atoms with van der Waals surface area (Å²) in [4.78, 5) is 12.8. The third kappa shape index (κ3) is 4.57. The van der Waals surface area contributed by atoms with E-state index in [2.05, 4.69) is 0 Å². The van der Waals surface area contributed by atoms with Crippen LogP contribution in [-0.4, -0.2) is 40.3 Å². The number of benzene rings is 3. The van der Waals surface area contributed by atoms with E-state index in [9.17, 15) is 10.1 Å². The van der Waals surface area contributed by atoms with E-state index in [1.807, 2.05) is 55.4 Å². The predicted molar refractivity (Wildman–Crippen MR) is 126 cm³/mol. The van der Waals surface area contributed by atoms with Gasteiger partial charge in [-0.15, -0.1) is 0 Å². The molecule has 0 saturated heterocycles. The predicted octanol–water partition coefficient (Wildman–Crippen LogP) is 5.52. The first-order chi connectivity index (χ1) is 15.3. The summed E-state index contributed by atoms with van der Waals surface area (Å²) in [5.41, 5.74) is 3.56. The smallest absolute Gasteiger partial charge is 0.287 e. The average Bonchev–Trinajstić information content (AvgIpc) is 2.78. The van der Waals surface area contributed by atoms with Gasteiger partial charge < -0.3 is 19.1 Å². The standard InChI is InChI=1S/C24H25ClN2O5/c1-26(2)18-9-6-15(7-10-18)23(16-8-11-20(27(28)29)19(25)12-16)17-13-21(30-3)24(32-5)22(14-17)31-4/h6-14,23H,1-5H3. The molecule has 3 aromatic rings. The summed E-state index contributed by atoms with van der Waals surface area (Å²) in [6.45, 7) is 0. The Morgan fingerprint density at radius 1 is 0.844 bits per heavy atom. The molecule has 0 spiro atoms. The van der Waals surface area contributed by atoms with Gasteiger partial charge in [-0.3, -0.25) is 10.1 Å². The van der Waals surface area contributed by atoms with Crippen LogP contribution < -0.4 is 19.1 Å². The van der Waals surface area contributed by atoms with Crippen molar-refractivity contribution in [2.75, 3.05) is 40.3 Å². The van der Waals surface area contributed by atoms with Gasteiger partial charge in [0.1, 0.15) is 5.02 Å². The highest BCUT2D eigenvalue weighted by Gasteiger charge is 2.24. The van der Waals surface area contributed by atoms with Crippen molar-refractivity contribution < 1.29 is 19.1 Å². The second-order valence-electron chi connectivity index (χ2n) is 7.35. The van der Waals surface area contributed by atoms with Crippen LogP contribution in [0.5, 0.6) is 17.2 Å². The molecule has 0 saturated carbocycles. The quantitative estimate of drug-likeness (QED) is 0.252. The van der Waals surface area contributed by atoms with E-state index in [0.717, 1.165) is 22.4 Å². The first-order valence-electron chi connectivity index (χ1n) is 9.81. The van der Waals surface area contributed by atoms with Gasteiger partial charge in [-0.25, -0.2) is 0 Å². The number of nitrogens with zero attached hydrogens (tertiary/aromatic N) is 2. The minimum absolute atomic E-state index is 0.0786. The average molecular weight is 457 g/mol. The summed E-state index contributed by atoms with van der Waals surface area (Å²) < 4.78 is 16.5. The van der Waals surface area contributed by atoms with Crippen molar-refractivity contribution in [2.24, 2.45) is 0 Å². The lowest BCUT2D eigenvalue weighted by molar-refractivity contribution is -0.384. The Balaban J connectivity index is 2.24. The monoisotopic (exact) mass is 456 g/mol. The lowest BCUT2D eigenvalue weighted by atomic mass is 9.84. The molecule has 0 aliphatic heterocycles. The molecule has 7 nitrogen and oxygen atoms in total. The molecule has 3 rings (SSSR count). The first kappa shape index (κ1) is 23.2. The van der Waals surface area contributed by atoms with Gasteiger partial charge in [-0.05, 0) is 47.0 Å². The van der Waals surface area contributed by atoms with Crippen molar-refractivity contribution >= 4 is 23.0 Å². The van der Waals surface area contributed by atoms with Crippen LogP contribution in [0.25, 0.3) is 0 Å². The summed E-state index contributed by atoms with van der Waals surface area (Å²) in [6.07, 6.45) is 0. The van der Waals surface area contributed by atoms with E-state index in [1.54, 1.807) is 33.5 Å². The van der Waals surface area contributed by atoms with Crippen molar-refractivity contribution in [2.45, 2.75) is 5.92 Å². The molecule has 0 fully saturated rings. The molecule has 0 bridgehead atoms. The second-order valence-corrected chi connectivity index (χ2v) is 7.75. The van der Waals surface area contributed by atoms with Crippen molar-refractivity contribution in [3.63, 3.8) is 0 Å². The molecule has 8 heteroatoms. The van der Waals surface area contributed by atoms with Gasteiger partial charge in [0.15, 0.2) is 11.5 Å². The number of hydrogen-bond acceptors (Lipinski definition) is 6. The highest BCUT2D eigenvalue weighted by atomic mass is 35.5. The Bertz CT molecular complexity index is 1090. The molecule has 32 heavy (non-hydrogen) atoms. The van der Waals surface area contributed by atoms with Gasteiger partial charge >= 0.3 is 0 Å². The molecule has 1 atom stereocenters. The highest BCUT2D eigenvalue weighted by molar-refractivity contribution is 6.32. The van der Waals surface area contributed by atoms with Crippen LogP contribution in [0.15, 0.2) is 54.6 Å². The number of hydrogen-bond donors (Lipinski definition) is 0. The fraction of sp³-hybridized carbons (Fsp3) is 0.250. The third-order valence-electron chi connectivity index (χ3n) is 5.26. The first-order valence-corrected chi connectivity index (χ1v) is 10.2. The molecule has 0 heterocycles. The Kier molecular flexibility index (Phi) is 7.10. The molecule has 1 unspecified atom stereocenters. The van der Waals surface area contributed by atoms with Crippen LogP contribution in [-0.2, 0) is 0 Å². The number of halogens is 1. The fourth-order valence-electron chi connectivity index (χ4n) is 3.66. The van der Waals surface area contributed by atoms with E-state index >= 15 is 0 Å². The molecule has 3 aromatic carbocycles. The van der Waals surface area contributed by atoms with Crippen molar-refractivity contribution in [3.8, 4) is 17.2 Å². The summed E-state index contributed by atoms with van der Waals surface area (Å²) in [5, 5.41) is 11.3. The third-order valence-corrected chi connectivity index (χ3v) is 5.57. The second kappa shape index (κ2) is 9.78. The molecule has 168 valence electrons. The van der Waals surface area contributed by atoms with Crippen LogP contribution in [0.4, 0.5) is 11.4 Å². The number of anilines is 1. The SMILES string of the molecule is COc1cc(C(c2ccc(N(C)C)cc2)c2ccc([N+](=O)[O-])c(Cl)c2)cc(OC)c1OC. The maximum Gasteiger partial charge on any atom is 0.287 e. The van der Waals surface area contributed by atoms with Gasteiger partial charge in [-0.1, -0.05) is 29.8 Å². The zero-order chi connectivity index (χ0) is 23.4. The van der Waals surface area contributed by atoms with Gasteiger partial charge in [0.25, 0.3) is 5.69 Å². The molecule has 0 N–H and O–H groups in total. The zero-order valence-corrected chi connectivity index (χ0v) is 19.3. The Hall–Kier alpha value is -3.45. The van der Waals surface area contributed by atoms with Crippen molar-refractivity contribution in [1.82, 2.24) is 0 Å². The number of nitro groups is 1. The van der Waals surface area contributed by atoms with Crippen LogP contribution in [0.2, 0.25) is 5.02 Å². The molecule has 0 amide bonds. The van der Waals surface area contributed by atoms with Gasteiger partial charge in [-0.2, -0.15) is 0 Å². The molecule has 0 radical (unpaired) electrons. The Labute approximate surface area is 192 Å². The Morgan fingerprint density at radius 3 is 1.84 bits per heavy atom. The van der Waals surface area contributed by atoms with E-state index in [4.69, 9.17) is 25.8 Å². The van der Waals surface area contributed by atoms with Gasteiger partial charge in [0.2, 0.25) is 5.75 Å². The zero-order valence-electron chi connectivity index (χ0n) is 18.6. The van der Waals surface area contributed by atoms with Crippen molar-refractivity contribution in [3.05, 3.63) is 86.4 Å². The van der Waals surface area contributed by atoms with Crippen LogP contribution in [0.1, 0.15) is 22.6 Å². The summed E-state index contributed by atoms with van der Waals surface area (Å²) in [7, 11) is 8.62. The lowest BCUT2D eigenvalue weighted by Crippen LogP contribution is -2.09. The van der Waals surface area contributed by atoms with Crippen LogP contribution >= 0.6 is 11.6 Å². The topological polar surface area (TPSA) is 74.1 Å². The van der Waals surface area contributed by atoms with Gasteiger partial charge in [0, 0.05) is 31.8 Å². The van der Waals surface area contributed by atoms with E-state index < -0.39 is 4.92 Å². The number of nitro benzene ring substituents is 1. The largest absolute Gasteiger partial charge is 0.493 e. The van der Waals surface area contributed by atoms with E-state index in [1.165, 1.54) is 6.07 Å².